The van der Waals surface area contributed by atoms with Crippen LogP contribution in [0.15, 0.2) is 12.1 Å². The van der Waals surface area contributed by atoms with Crippen LogP contribution < -0.4 is 5.32 Å². The van der Waals surface area contributed by atoms with Crippen LogP contribution in [0.3, 0.4) is 0 Å². The Balaban J connectivity index is 1.93. The first-order chi connectivity index (χ1) is 7.25. The highest BCUT2D eigenvalue weighted by Crippen LogP contribution is 2.20. The van der Waals surface area contributed by atoms with Gasteiger partial charge in [0.1, 0.15) is 0 Å². The number of halogens is 1. The molecule has 0 saturated carbocycles. The molecule has 1 amide bonds. The molecule has 0 aromatic carbocycles. The summed E-state index contributed by atoms with van der Waals surface area (Å²) in [7, 11) is 0. The Kier molecular flexibility index (Phi) is 2.93. The summed E-state index contributed by atoms with van der Waals surface area (Å²) in [4.78, 5) is 12.1. The molecule has 15 heavy (non-hydrogen) atoms. The van der Waals surface area contributed by atoms with Gasteiger partial charge in [-0.25, -0.2) is 0 Å². The number of thiophene rings is 1. The zero-order valence-corrected chi connectivity index (χ0v) is 8.97. The Bertz CT molecular complexity index is 454. The maximum absolute atomic E-state index is 11.5. The largest absolute Gasteiger partial charge is 0.344 e. The van der Waals surface area contributed by atoms with Gasteiger partial charge in [-0.1, -0.05) is 16.8 Å². The molecule has 2 N–H and O–H groups in total. The van der Waals surface area contributed by atoms with Crippen molar-refractivity contribution < 1.29 is 4.79 Å². The number of hydrogen-bond acceptors (Lipinski definition) is 5. The Morgan fingerprint density at radius 2 is 2.47 bits per heavy atom. The third-order valence-electron chi connectivity index (χ3n) is 1.59. The van der Waals surface area contributed by atoms with E-state index >= 15 is 0 Å². The molecule has 0 unspecified atom stereocenters. The van der Waals surface area contributed by atoms with Crippen LogP contribution in [0.4, 0.5) is 0 Å². The monoisotopic (exact) mass is 243 g/mol. The summed E-state index contributed by atoms with van der Waals surface area (Å²) >= 11 is 6.93. The lowest BCUT2D eigenvalue weighted by molar-refractivity contribution is 0.0954. The lowest BCUT2D eigenvalue weighted by atomic mass is 10.4. The number of aromatic nitrogens is 4. The van der Waals surface area contributed by atoms with E-state index in [2.05, 4.69) is 25.9 Å². The van der Waals surface area contributed by atoms with Crippen molar-refractivity contribution in [1.29, 1.82) is 0 Å². The van der Waals surface area contributed by atoms with Crippen LogP contribution in [0.2, 0.25) is 4.34 Å². The summed E-state index contributed by atoms with van der Waals surface area (Å²) in [6.45, 7) is 0.241. The van der Waals surface area contributed by atoms with Gasteiger partial charge in [-0.05, 0) is 12.1 Å². The first-order valence-corrected chi connectivity index (χ1v) is 5.21. The summed E-state index contributed by atoms with van der Waals surface area (Å²) < 4.78 is 0.583. The van der Waals surface area contributed by atoms with Crippen LogP contribution in [-0.4, -0.2) is 26.5 Å². The summed E-state index contributed by atoms with van der Waals surface area (Å²) in [5, 5.41) is 15.7. The zero-order chi connectivity index (χ0) is 10.7. The van der Waals surface area contributed by atoms with Gasteiger partial charge in [-0.3, -0.25) is 4.79 Å². The molecule has 2 rings (SSSR count). The van der Waals surface area contributed by atoms with E-state index in [1.54, 1.807) is 12.1 Å². The number of aromatic amines is 1. The van der Waals surface area contributed by atoms with Gasteiger partial charge in [0.25, 0.3) is 5.91 Å². The summed E-state index contributed by atoms with van der Waals surface area (Å²) in [6, 6.07) is 3.34. The van der Waals surface area contributed by atoms with E-state index in [9.17, 15) is 4.79 Å². The van der Waals surface area contributed by atoms with E-state index in [4.69, 9.17) is 11.6 Å². The number of amides is 1. The minimum absolute atomic E-state index is 0.197. The smallest absolute Gasteiger partial charge is 0.261 e. The predicted molar refractivity (Wildman–Crippen MR) is 54.7 cm³/mol. The number of carbonyl (C=O) groups excluding carboxylic acids is 1. The number of rotatable bonds is 3. The van der Waals surface area contributed by atoms with Crippen molar-refractivity contribution in [3.8, 4) is 0 Å². The molecule has 0 aliphatic rings. The van der Waals surface area contributed by atoms with Crippen molar-refractivity contribution in [3.63, 3.8) is 0 Å². The van der Waals surface area contributed by atoms with E-state index in [-0.39, 0.29) is 12.5 Å². The van der Waals surface area contributed by atoms with Crippen LogP contribution in [-0.2, 0) is 6.54 Å². The number of H-pyrrole nitrogens is 1. The minimum Gasteiger partial charge on any atom is -0.344 e. The van der Waals surface area contributed by atoms with Gasteiger partial charge >= 0.3 is 0 Å². The summed E-state index contributed by atoms with van der Waals surface area (Å²) in [6.07, 6.45) is 0. The summed E-state index contributed by atoms with van der Waals surface area (Å²) in [5.41, 5.74) is 0. The average molecular weight is 244 g/mol. The average Bonchev–Trinajstić information content (AvgIpc) is 2.84. The maximum atomic E-state index is 11.5. The molecule has 78 valence electrons. The molecule has 0 spiro atoms. The van der Waals surface area contributed by atoms with Crippen molar-refractivity contribution in [1.82, 2.24) is 25.9 Å². The Morgan fingerprint density at radius 3 is 3.07 bits per heavy atom. The van der Waals surface area contributed by atoms with Gasteiger partial charge in [-0.15, -0.1) is 21.5 Å². The molecule has 2 aromatic rings. The van der Waals surface area contributed by atoms with Crippen molar-refractivity contribution in [2.75, 3.05) is 0 Å². The van der Waals surface area contributed by atoms with Crippen LogP contribution in [0.25, 0.3) is 0 Å². The standard InChI is InChI=1S/C7H6ClN5OS/c8-5-2-1-4(15-5)7(14)9-3-6-10-12-13-11-6/h1-2H,3H2,(H,9,14)(H,10,11,12,13). The Hall–Kier alpha value is -1.47. The fraction of sp³-hybridized carbons (Fsp3) is 0.143. The number of nitrogens with one attached hydrogen (secondary N) is 2. The van der Waals surface area contributed by atoms with Crippen LogP contribution >= 0.6 is 22.9 Å². The molecule has 0 aliphatic carbocycles. The maximum Gasteiger partial charge on any atom is 0.261 e. The van der Waals surface area contributed by atoms with Gasteiger partial charge in [-0.2, -0.15) is 5.21 Å². The van der Waals surface area contributed by atoms with E-state index in [1.807, 2.05) is 0 Å². The summed E-state index contributed by atoms with van der Waals surface area (Å²) in [5.74, 6) is 0.239. The molecule has 8 heteroatoms. The van der Waals surface area contributed by atoms with Crippen molar-refractivity contribution >= 4 is 28.8 Å². The van der Waals surface area contributed by atoms with E-state index < -0.39 is 0 Å². The second kappa shape index (κ2) is 4.37. The molecule has 0 radical (unpaired) electrons. The molecule has 6 nitrogen and oxygen atoms in total. The second-order valence-corrected chi connectivity index (χ2v) is 4.33. The molecule has 2 heterocycles. The SMILES string of the molecule is O=C(NCc1nn[nH]n1)c1ccc(Cl)s1. The highest BCUT2D eigenvalue weighted by Gasteiger charge is 2.08. The van der Waals surface area contributed by atoms with Gasteiger partial charge in [0.05, 0.1) is 15.8 Å². The van der Waals surface area contributed by atoms with Gasteiger partial charge in [0.15, 0.2) is 5.82 Å². The molecule has 0 atom stereocenters. The fourth-order valence-corrected chi connectivity index (χ4v) is 1.90. The van der Waals surface area contributed by atoms with Crippen molar-refractivity contribution in [2.24, 2.45) is 0 Å². The highest BCUT2D eigenvalue weighted by atomic mass is 35.5. The fourth-order valence-electron chi connectivity index (χ4n) is 0.940. The molecular formula is C7H6ClN5OS. The van der Waals surface area contributed by atoms with Gasteiger partial charge < -0.3 is 5.32 Å². The third-order valence-corrected chi connectivity index (χ3v) is 2.82. The van der Waals surface area contributed by atoms with E-state index in [1.165, 1.54) is 11.3 Å². The zero-order valence-electron chi connectivity index (χ0n) is 7.40. The number of tetrazole rings is 1. The van der Waals surface area contributed by atoms with E-state index in [0.29, 0.717) is 15.0 Å². The Morgan fingerprint density at radius 1 is 1.60 bits per heavy atom. The first kappa shape index (κ1) is 10.1. The Labute approximate surface area is 93.6 Å². The lowest BCUT2D eigenvalue weighted by Crippen LogP contribution is -2.22. The molecule has 0 aliphatic heterocycles. The number of hydrogen-bond donors (Lipinski definition) is 2. The molecule has 0 bridgehead atoms. The molecule has 0 fully saturated rings. The first-order valence-electron chi connectivity index (χ1n) is 4.01. The minimum atomic E-state index is -0.197. The van der Waals surface area contributed by atoms with Gasteiger partial charge in [0.2, 0.25) is 0 Å². The second-order valence-electron chi connectivity index (χ2n) is 2.61. The van der Waals surface area contributed by atoms with Crippen LogP contribution in [0, 0.1) is 0 Å². The molecule has 0 saturated heterocycles. The molecule has 2 aromatic heterocycles. The number of nitrogens with zero attached hydrogens (tertiary/aromatic N) is 3. The lowest BCUT2D eigenvalue weighted by Gasteiger charge is -1.98. The van der Waals surface area contributed by atoms with E-state index in [0.717, 1.165) is 0 Å². The van der Waals surface area contributed by atoms with Crippen LogP contribution in [0.5, 0.6) is 0 Å². The molecular weight excluding hydrogens is 238 g/mol. The number of carbonyl (C=O) groups is 1. The third kappa shape index (κ3) is 2.51. The normalized spacial score (nSPS) is 10.2. The highest BCUT2D eigenvalue weighted by molar-refractivity contribution is 7.17. The predicted octanol–water partition coefficient (Wildman–Crippen LogP) is 0.845. The van der Waals surface area contributed by atoms with Crippen LogP contribution in [0.1, 0.15) is 15.5 Å². The quantitative estimate of drug-likeness (QED) is 0.837. The van der Waals surface area contributed by atoms with Crippen molar-refractivity contribution in [3.05, 3.63) is 27.2 Å². The van der Waals surface area contributed by atoms with Gasteiger partial charge in [0, 0.05) is 0 Å². The van der Waals surface area contributed by atoms with Crippen molar-refractivity contribution in [2.45, 2.75) is 6.54 Å². The topological polar surface area (TPSA) is 83.6 Å².